The molecule has 0 aliphatic heterocycles. The van der Waals surface area contributed by atoms with Crippen LogP contribution in [-0.4, -0.2) is 6.16 Å². The third-order valence-corrected chi connectivity index (χ3v) is 5.05. The first-order valence-corrected chi connectivity index (χ1v) is 8.39. The highest BCUT2D eigenvalue weighted by Gasteiger charge is 2.36. The van der Waals surface area contributed by atoms with Gasteiger partial charge in [0.1, 0.15) is 0 Å². The fourth-order valence-corrected chi connectivity index (χ4v) is 3.60. The van der Waals surface area contributed by atoms with Crippen LogP contribution in [0, 0.1) is 0 Å². The predicted molar refractivity (Wildman–Crippen MR) is 91.4 cm³/mol. The van der Waals surface area contributed by atoms with Gasteiger partial charge in [-0.25, -0.2) is 0 Å². The van der Waals surface area contributed by atoms with Gasteiger partial charge in [0.25, 0.3) is 0 Å². The van der Waals surface area contributed by atoms with Gasteiger partial charge >= 0.3 is 0 Å². The summed E-state index contributed by atoms with van der Waals surface area (Å²) in [4.78, 5) is 0. The standard InChI is InChI=1S/C18H27P.BrH/c1-13(8-11-19)14-6-7-15-16(12-14)18(4,5)10-9-17(15,2)3;/h6-8,12H,9-11,19H2,1-5H3;1H. The van der Waals surface area contributed by atoms with E-state index in [1.807, 2.05) is 9.24 Å². The van der Waals surface area contributed by atoms with Crippen molar-refractivity contribution >= 4 is 14.8 Å². The van der Waals surface area contributed by atoms with Crippen LogP contribution in [0.3, 0.4) is 0 Å². The van der Waals surface area contributed by atoms with E-state index in [0.29, 0.717) is 10.8 Å². The van der Waals surface area contributed by atoms with E-state index in [1.54, 1.807) is 11.1 Å². The zero-order chi connectivity index (χ0) is 14.3. The van der Waals surface area contributed by atoms with Crippen LogP contribution in [-0.2, 0) is 10.8 Å². The lowest BCUT2D eigenvalue weighted by atomic mass is 9.63. The van der Waals surface area contributed by atoms with E-state index in [9.17, 15) is 0 Å². The molecule has 0 bridgehead atoms. The SMILES string of the molecule is CC(=CC[PH3+])c1ccc2c(c1)C(C)(C)CCC2(C)C.[Br-]. The minimum absolute atomic E-state index is 0. The van der Waals surface area contributed by atoms with Crippen LogP contribution in [0.15, 0.2) is 24.3 Å². The molecule has 0 nitrogen and oxygen atoms in total. The lowest BCUT2D eigenvalue weighted by Gasteiger charge is -2.42. The molecule has 0 fully saturated rings. The van der Waals surface area contributed by atoms with Gasteiger partial charge in [0.2, 0.25) is 0 Å². The summed E-state index contributed by atoms with van der Waals surface area (Å²) in [6.07, 6.45) is 6.05. The van der Waals surface area contributed by atoms with Gasteiger partial charge in [0.15, 0.2) is 0 Å². The summed E-state index contributed by atoms with van der Waals surface area (Å²) >= 11 is 0. The van der Waals surface area contributed by atoms with E-state index in [-0.39, 0.29) is 17.0 Å². The van der Waals surface area contributed by atoms with Crippen molar-refractivity contribution in [3.8, 4) is 0 Å². The highest BCUT2D eigenvalue weighted by atomic mass is 79.9. The lowest BCUT2D eigenvalue weighted by Crippen LogP contribution is -3.00. The molecule has 0 aromatic heterocycles. The maximum Gasteiger partial charge on any atom is 0.0711 e. The maximum atomic E-state index is 2.45. The van der Waals surface area contributed by atoms with Crippen LogP contribution in [0.4, 0.5) is 0 Å². The quantitative estimate of drug-likeness (QED) is 0.713. The topological polar surface area (TPSA) is 0 Å². The van der Waals surface area contributed by atoms with E-state index < -0.39 is 0 Å². The van der Waals surface area contributed by atoms with Crippen molar-refractivity contribution in [3.05, 3.63) is 41.0 Å². The first kappa shape index (κ1) is 17.9. The Morgan fingerprint density at radius 2 is 1.65 bits per heavy atom. The Hall–Kier alpha value is -0.130. The number of benzene rings is 1. The van der Waals surface area contributed by atoms with Crippen LogP contribution in [0.5, 0.6) is 0 Å². The van der Waals surface area contributed by atoms with Gasteiger partial charge < -0.3 is 17.0 Å². The average Bonchev–Trinajstić information content (AvgIpc) is 2.35. The molecule has 0 heterocycles. The molecule has 2 heteroatoms. The van der Waals surface area contributed by atoms with Gasteiger partial charge in [-0.2, -0.15) is 0 Å². The van der Waals surface area contributed by atoms with Crippen molar-refractivity contribution in [2.45, 2.75) is 58.3 Å². The molecule has 1 aliphatic rings. The summed E-state index contributed by atoms with van der Waals surface area (Å²) in [5.41, 5.74) is 6.57. The lowest BCUT2D eigenvalue weighted by molar-refractivity contribution is -0.00000445. The molecule has 0 radical (unpaired) electrons. The van der Waals surface area contributed by atoms with E-state index in [2.05, 4.69) is 58.9 Å². The Morgan fingerprint density at radius 3 is 2.20 bits per heavy atom. The van der Waals surface area contributed by atoms with Crippen molar-refractivity contribution < 1.29 is 17.0 Å². The molecule has 0 saturated heterocycles. The number of rotatable bonds is 2. The molecule has 1 aliphatic carbocycles. The summed E-state index contributed by atoms with van der Waals surface area (Å²) in [6, 6.07) is 7.13. The molecule has 0 amide bonds. The minimum Gasteiger partial charge on any atom is -1.00 e. The van der Waals surface area contributed by atoms with Gasteiger partial charge in [-0.15, -0.1) is 0 Å². The summed E-state index contributed by atoms with van der Waals surface area (Å²) in [5, 5.41) is 0. The second-order valence-corrected chi connectivity index (χ2v) is 7.78. The zero-order valence-electron chi connectivity index (χ0n) is 13.5. The second kappa shape index (κ2) is 6.32. The molecule has 1 aromatic carbocycles. The van der Waals surface area contributed by atoms with Crippen LogP contribution < -0.4 is 17.0 Å². The van der Waals surface area contributed by atoms with Crippen LogP contribution in [0.2, 0.25) is 0 Å². The molecule has 0 N–H and O–H groups in total. The minimum atomic E-state index is 0. The zero-order valence-corrected chi connectivity index (χ0v) is 16.5. The van der Waals surface area contributed by atoms with E-state index in [0.717, 1.165) is 6.16 Å². The number of fused-ring (bicyclic) bond motifs is 1. The van der Waals surface area contributed by atoms with Gasteiger partial charge in [0.05, 0.1) is 6.16 Å². The number of hydrogen-bond acceptors (Lipinski definition) is 0. The second-order valence-electron chi connectivity index (χ2n) is 7.20. The Labute approximate surface area is 137 Å². The van der Waals surface area contributed by atoms with E-state index in [4.69, 9.17) is 0 Å². The van der Waals surface area contributed by atoms with Crippen molar-refractivity contribution in [1.29, 1.82) is 0 Å². The highest BCUT2D eigenvalue weighted by molar-refractivity contribution is 7.16. The van der Waals surface area contributed by atoms with Gasteiger partial charge in [-0.05, 0) is 68.2 Å². The Morgan fingerprint density at radius 1 is 1.10 bits per heavy atom. The summed E-state index contributed by atoms with van der Waals surface area (Å²) in [5.74, 6) is 0. The van der Waals surface area contributed by atoms with E-state index in [1.165, 1.54) is 24.0 Å². The van der Waals surface area contributed by atoms with Gasteiger partial charge in [-0.1, -0.05) is 45.9 Å². The molecule has 2 rings (SSSR count). The third kappa shape index (κ3) is 3.37. The molecule has 112 valence electrons. The number of hydrogen-bond donors (Lipinski definition) is 0. The normalized spacial score (nSPS) is 20.1. The predicted octanol–water partition coefficient (Wildman–Crippen LogP) is 2.05. The Bertz CT molecular complexity index is 512. The van der Waals surface area contributed by atoms with E-state index >= 15 is 0 Å². The largest absolute Gasteiger partial charge is 1.00 e. The van der Waals surface area contributed by atoms with Crippen LogP contribution in [0.25, 0.3) is 5.57 Å². The van der Waals surface area contributed by atoms with Gasteiger partial charge in [0, 0.05) is 0 Å². The Kier molecular flexibility index (Phi) is 5.67. The fourth-order valence-electron chi connectivity index (χ4n) is 3.17. The molecule has 1 atom stereocenters. The fraction of sp³-hybridized carbons (Fsp3) is 0.556. The maximum absolute atomic E-state index is 2.45. The smallest absolute Gasteiger partial charge is 0.0711 e. The summed E-state index contributed by atoms with van der Waals surface area (Å²) in [7, 11) is 2.01. The first-order chi connectivity index (χ1) is 8.78. The Balaban J connectivity index is 0.00000200. The third-order valence-electron chi connectivity index (χ3n) is 4.76. The summed E-state index contributed by atoms with van der Waals surface area (Å²) in [6.45, 7) is 11.8. The van der Waals surface area contributed by atoms with Crippen LogP contribution in [0.1, 0.15) is 64.2 Å². The molecular weight excluding hydrogens is 327 g/mol. The average molecular weight is 355 g/mol. The number of allylic oxidation sites excluding steroid dienone is 2. The molecule has 0 spiro atoms. The van der Waals surface area contributed by atoms with Crippen LogP contribution >= 0.6 is 9.24 Å². The first-order valence-electron chi connectivity index (χ1n) is 7.39. The number of halogens is 1. The summed E-state index contributed by atoms with van der Waals surface area (Å²) < 4.78 is 0. The molecule has 0 saturated carbocycles. The monoisotopic (exact) mass is 354 g/mol. The molecular formula is C18H28BrP. The van der Waals surface area contributed by atoms with Crippen molar-refractivity contribution in [2.24, 2.45) is 0 Å². The molecule has 1 unspecified atom stereocenters. The van der Waals surface area contributed by atoms with Crippen molar-refractivity contribution in [3.63, 3.8) is 0 Å². The molecule has 20 heavy (non-hydrogen) atoms. The van der Waals surface area contributed by atoms with Crippen molar-refractivity contribution in [2.75, 3.05) is 6.16 Å². The molecule has 1 aromatic rings. The van der Waals surface area contributed by atoms with Gasteiger partial charge in [-0.3, -0.25) is 0 Å². The highest BCUT2D eigenvalue weighted by Crippen LogP contribution is 2.46. The van der Waals surface area contributed by atoms with Crippen molar-refractivity contribution in [1.82, 2.24) is 0 Å².